The van der Waals surface area contributed by atoms with E-state index in [4.69, 9.17) is 4.74 Å². The zero-order chi connectivity index (χ0) is 16.8. The summed E-state index contributed by atoms with van der Waals surface area (Å²) in [6.07, 6.45) is 7.36. The van der Waals surface area contributed by atoms with Crippen LogP contribution in [0.5, 0.6) is 11.5 Å². The van der Waals surface area contributed by atoms with Crippen LogP contribution in [0, 0.1) is 0 Å². The summed E-state index contributed by atoms with van der Waals surface area (Å²) in [5.41, 5.74) is 0.312. The number of ether oxygens (including phenoxy) is 1. The van der Waals surface area contributed by atoms with Gasteiger partial charge in [0.1, 0.15) is 11.5 Å². The number of phenolic OH excluding ortho intramolecular Hbond substituents is 2. The molecule has 0 bridgehead atoms. The molecule has 0 aromatic heterocycles. The van der Waals surface area contributed by atoms with Crippen molar-refractivity contribution < 1.29 is 24.5 Å². The highest BCUT2D eigenvalue weighted by atomic mass is 16.5. The minimum absolute atomic E-state index is 0.0423. The number of ketones is 1. The van der Waals surface area contributed by atoms with Gasteiger partial charge in [0, 0.05) is 6.07 Å². The quantitative estimate of drug-likeness (QED) is 0.717. The number of hydrogen-bond donors (Lipinski definition) is 2. The third kappa shape index (κ3) is 4.84. The fourth-order valence-electron chi connectivity index (χ4n) is 2.72. The van der Waals surface area contributed by atoms with E-state index in [1.165, 1.54) is 12.1 Å². The SMILES string of the molecule is C[C@@H]1CCCCC/C=C/C(=O)c2c(O)cc(O)cc2CC(=O)O1. The third-order valence-corrected chi connectivity index (χ3v) is 3.85. The topological polar surface area (TPSA) is 83.8 Å². The van der Waals surface area contributed by atoms with E-state index in [2.05, 4.69) is 0 Å². The number of rotatable bonds is 0. The molecule has 1 aromatic carbocycles. The second-order valence-electron chi connectivity index (χ2n) is 5.88. The van der Waals surface area contributed by atoms with Gasteiger partial charge in [0.25, 0.3) is 0 Å². The lowest BCUT2D eigenvalue weighted by molar-refractivity contribution is -0.147. The summed E-state index contributed by atoms with van der Waals surface area (Å²) >= 11 is 0. The monoisotopic (exact) mass is 318 g/mol. The Morgan fingerprint density at radius 1 is 1.13 bits per heavy atom. The van der Waals surface area contributed by atoms with E-state index in [0.29, 0.717) is 0 Å². The number of fused-ring (bicyclic) bond motifs is 1. The summed E-state index contributed by atoms with van der Waals surface area (Å²) in [6, 6.07) is 2.42. The highest BCUT2D eigenvalue weighted by Crippen LogP contribution is 2.29. The number of allylic oxidation sites excluding steroid dienone is 2. The van der Waals surface area contributed by atoms with Crippen LogP contribution in [-0.2, 0) is 16.0 Å². The molecule has 0 radical (unpaired) electrons. The molecule has 1 aliphatic rings. The van der Waals surface area contributed by atoms with Crippen LogP contribution in [0.3, 0.4) is 0 Å². The highest BCUT2D eigenvalue weighted by Gasteiger charge is 2.20. The van der Waals surface area contributed by atoms with Crippen molar-refractivity contribution in [3.8, 4) is 11.5 Å². The molecule has 0 aliphatic carbocycles. The first kappa shape index (κ1) is 17.1. The molecule has 0 spiro atoms. The van der Waals surface area contributed by atoms with Crippen molar-refractivity contribution >= 4 is 11.8 Å². The zero-order valence-corrected chi connectivity index (χ0v) is 13.2. The zero-order valence-electron chi connectivity index (χ0n) is 13.2. The Balaban J connectivity index is 2.35. The van der Waals surface area contributed by atoms with Crippen LogP contribution in [0.4, 0.5) is 0 Å². The van der Waals surface area contributed by atoms with Gasteiger partial charge in [0.05, 0.1) is 18.1 Å². The predicted octanol–water partition coefficient (Wildman–Crippen LogP) is 3.28. The van der Waals surface area contributed by atoms with Gasteiger partial charge in [-0.05, 0) is 50.3 Å². The molecule has 1 aromatic rings. The lowest BCUT2D eigenvalue weighted by Crippen LogP contribution is -2.18. The van der Waals surface area contributed by atoms with E-state index in [9.17, 15) is 19.8 Å². The van der Waals surface area contributed by atoms with Crippen LogP contribution in [-0.4, -0.2) is 28.1 Å². The second kappa shape index (κ2) is 7.81. The van der Waals surface area contributed by atoms with Crippen LogP contribution in [0.15, 0.2) is 24.3 Å². The predicted molar refractivity (Wildman–Crippen MR) is 85.6 cm³/mol. The third-order valence-electron chi connectivity index (χ3n) is 3.85. The molecule has 2 rings (SSSR count). The maximum atomic E-state index is 12.3. The van der Waals surface area contributed by atoms with Crippen LogP contribution >= 0.6 is 0 Å². The van der Waals surface area contributed by atoms with Gasteiger partial charge >= 0.3 is 5.97 Å². The number of esters is 1. The Morgan fingerprint density at radius 3 is 2.70 bits per heavy atom. The van der Waals surface area contributed by atoms with Gasteiger partial charge in [-0.15, -0.1) is 0 Å². The molecule has 0 saturated heterocycles. The number of hydrogen-bond acceptors (Lipinski definition) is 5. The highest BCUT2D eigenvalue weighted by molar-refractivity contribution is 6.08. The molecule has 124 valence electrons. The molecule has 5 heteroatoms. The normalized spacial score (nSPS) is 21.9. The summed E-state index contributed by atoms with van der Waals surface area (Å²) in [4.78, 5) is 24.3. The first-order valence-corrected chi connectivity index (χ1v) is 7.92. The van der Waals surface area contributed by atoms with Crippen molar-refractivity contribution in [2.75, 3.05) is 0 Å². The van der Waals surface area contributed by atoms with E-state index in [-0.39, 0.29) is 40.9 Å². The molecule has 0 unspecified atom stereocenters. The van der Waals surface area contributed by atoms with Gasteiger partial charge in [-0.25, -0.2) is 0 Å². The molecule has 0 amide bonds. The average Bonchev–Trinajstić information content (AvgIpc) is 2.44. The van der Waals surface area contributed by atoms with E-state index in [0.717, 1.165) is 38.2 Å². The van der Waals surface area contributed by atoms with Gasteiger partial charge in [-0.1, -0.05) is 12.5 Å². The summed E-state index contributed by atoms with van der Waals surface area (Å²) in [7, 11) is 0. The number of benzene rings is 1. The molecule has 1 aliphatic heterocycles. The molecule has 5 nitrogen and oxygen atoms in total. The second-order valence-corrected chi connectivity index (χ2v) is 5.88. The van der Waals surface area contributed by atoms with Gasteiger partial charge in [-0.3, -0.25) is 9.59 Å². The molecule has 0 saturated carbocycles. The molecular weight excluding hydrogens is 296 g/mol. The van der Waals surface area contributed by atoms with Gasteiger partial charge in [0.2, 0.25) is 0 Å². The van der Waals surface area contributed by atoms with Crippen molar-refractivity contribution in [2.45, 2.75) is 51.6 Å². The van der Waals surface area contributed by atoms with Gasteiger partial charge < -0.3 is 14.9 Å². The largest absolute Gasteiger partial charge is 0.508 e. The average molecular weight is 318 g/mol. The van der Waals surface area contributed by atoms with E-state index in [1.54, 1.807) is 6.08 Å². The van der Waals surface area contributed by atoms with E-state index < -0.39 is 5.97 Å². The number of phenols is 2. The fraction of sp³-hybridized carbons (Fsp3) is 0.444. The first-order chi connectivity index (χ1) is 11.0. The molecule has 1 atom stereocenters. The molecular formula is C18H22O5. The molecule has 1 heterocycles. The van der Waals surface area contributed by atoms with Gasteiger partial charge in [0.15, 0.2) is 5.78 Å². The molecule has 23 heavy (non-hydrogen) atoms. The summed E-state index contributed by atoms with van der Waals surface area (Å²) in [5.74, 6) is -1.38. The fourth-order valence-corrected chi connectivity index (χ4v) is 2.72. The Bertz CT molecular complexity index is 618. The Hall–Kier alpha value is -2.30. The Morgan fingerprint density at radius 2 is 1.91 bits per heavy atom. The lowest BCUT2D eigenvalue weighted by atomic mass is 9.98. The van der Waals surface area contributed by atoms with Crippen molar-refractivity contribution in [3.63, 3.8) is 0 Å². The smallest absolute Gasteiger partial charge is 0.310 e. The van der Waals surface area contributed by atoms with E-state index >= 15 is 0 Å². The molecule has 0 fully saturated rings. The number of aromatic hydroxyl groups is 2. The van der Waals surface area contributed by atoms with Crippen LogP contribution in [0.2, 0.25) is 0 Å². The number of carbonyl (C=O) groups excluding carboxylic acids is 2. The summed E-state index contributed by atoms with van der Waals surface area (Å²) in [5, 5.41) is 19.6. The van der Waals surface area contributed by atoms with Crippen LogP contribution in [0.25, 0.3) is 0 Å². The van der Waals surface area contributed by atoms with Crippen molar-refractivity contribution in [1.82, 2.24) is 0 Å². The van der Waals surface area contributed by atoms with Crippen molar-refractivity contribution in [3.05, 3.63) is 35.4 Å². The number of cyclic esters (lactones) is 1. The Labute approximate surface area is 135 Å². The van der Waals surface area contributed by atoms with Crippen LogP contribution in [0.1, 0.15) is 54.9 Å². The van der Waals surface area contributed by atoms with Crippen LogP contribution < -0.4 is 0 Å². The van der Waals surface area contributed by atoms with Crippen molar-refractivity contribution in [1.29, 1.82) is 0 Å². The van der Waals surface area contributed by atoms with Gasteiger partial charge in [-0.2, -0.15) is 0 Å². The van der Waals surface area contributed by atoms with Crippen molar-refractivity contribution in [2.24, 2.45) is 0 Å². The maximum absolute atomic E-state index is 12.3. The maximum Gasteiger partial charge on any atom is 0.310 e. The Kier molecular flexibility index (Phi) is 5.79. The standard InChI is InChI=1S/C18H22O5/c1-12-7-5-3-2-4-6-8-15(20)18-13(10-17(22)23-12)9-14(19)11-16(18)21/h6,8-9,11-12,19,21H,2-5,7,10H2,1H3/b8-6+/t12-/m1/s1. The number of carbonyl (C=O) groups is 2. The first-order valence-electron chi connectivity index (χ1n) is 7.92. The molecule has 2 N–H and O–H groups in total. The van der Waals surface area contributed by atoms with E-state index in [1.807, 2.05) is 6.92 Å². The lowest BCUT2D eigenvalue weighted by Gasteiger charge is -2.15. The minimum atomic E-state index is -0.474. The summed E-state index contributed by atoms with van der Waals surface area (Å²) in [6.45, 7) is 1.84. The summed E-state index contributed by atoms with van der Waals surface area (Å²) < 4.78 is 5.34. The minimum Gasteiger partial charge on any atom is -0.508 e.